The molecule has 4 rings (SSSR count). The molecule has 0 spiro atoms. The van der Waals surface area contributed by atoms with Gasteiger partial charge in [-0.25, -0.2) is 0 Å². The zero-order valence-corrected chi connectivity index (χ0v) is 14.2. The summed E-state index contributed by atoms with van der Waals surface area (Å²) in [6.07, 6.45) is 3.03. The zero-order valence-electron chi connectivity index (χ0n) is 14.2. The molecule has 0 radical (unpaired) electrons. The lowest BCUT2D eigenvalue weighted by molar-refractivity contribution is -0.131. The maximum absolute atomic E-state index is 13.3. The van der Waals surface area contributed by atoms with E-state index in [4.69, 9.17) is 4.74 Å². The number of ether oxygens (including phenoxy) is 1. The van der Waals surface area contributed by atoms with E-state index in [0.717, 1.165) is 29.5 Å². The van der Waals surface area contributed by atoms with Crippen LogP contribution >= 0.6 is 0 Å². The number of carbonyl (C=O) groups excluding carboxylic acids is 1. The molecular weight excluding hydrogens is 314 g/mol. The summed E-state index contributed by atoms with van der Waals surface area (Å²) in [5.41, 5.74) is 2.54. The Morgan fingerprint density at radius 3 is 2.60 bits per heavy atom. The Morgan fingerprint density at radius 2 is 1.84 bits per heavy atom. The molecule has 25 heavy (non-hydrogen) atoms. The Bertz CT molecular complexity index is 766. The molecule has 0 saturated carbocycles. The first-order valence-electron chi connectivity index (χ1n) is 8.96. The molecule has 1 aliphatic heterocycles. The highest BCUT2D eigenvalue weighted by atomic mass is 16.5. The van der Waals surface area contributed by atoms with Gasteiger partial charge in [-0.2, -0.15) is 0 Å². The molecule has 1 saturated heterocycles. The van der Waals surface area contributed by atoms with Crippen LogP contribution < -0.4 is 5.32 Å². The van der Waals surface area contributed by atoms with E-state index < -0.39 is 5.41 Å². The number of hydrogen-bond donors (Lipinski definition) is 2. The molecule has 1 heterocycles. The number of phenols is 1. The van der Waals surface area contributed by atoms with Crippen molar-refractivity contribution in [1.82, 2.24) is 5.32 Å². The number of rotatable bonds is 3. The van der Waals surface area contributed by atoms with Crippen molar-refractivity contribution >= 4 is 5.91 Å². The number of aromatic hydroxyl groups is 1. The van der Waals surface area contributed by atoms with Gasteiger partial charge in [0.25, 0.3) is 0 Å². The molecule has 130 valence electrons. The first kappa shape index (κ1) is 16.2. The molecule has 2 aromatic rings. The first-order valence-corrected chi connectivity index (χ1v) is 8.96. The molecule has 4 heteroatoms. The first-order chi connectivity index (χ1) is 12.2. The fraction of sp³-hybridized carbons (Fsp3) is 0.381. The molecular formula is C21H23NO3. The van der Waals surface area contributed by atoms with Gasteiger partial charge in [-0.05, 0) is 48.4 Å². The number of nitrogens with one attached hydrogen (secondary N) is 1. The lowest BCUT2D eigenvalue weighted by Crippen LogP contribution is -2.48. The van der Waals surface area contributed by atoms with Crippen molar-refractivity contribution in [2.24, 2.45) is 0 Å². The van der Waals surface area contributed by atoms with Crippen LogP contribution in [0.15, 0.2) is 48.5 Å². The van der Waals surface area contributed by atoms with Crippen molar-refractivity contribution in [3.05, 3.63) is 65.2 Å². The number of benzene rings is 2. The molecule has 1 atom stereocenters. The maximum atomic E-state index is 13.3. The van der Waals surface area contributed by atoms with Crippen molar-refractivity contribution in [2.75, 3.05) is 13.2 Å². The third kappa shape index (κ3) is 2.81. The van der Waals surface area contributed by atoms with Crippen LogP contribution in [0.4, 0.5) is 0 Å². The summed E-state index contributed by atoms with van der Waals surface area (Å²) in [4.78, 5) is 13.3. The summed E-state index contributed by atoms with van der Waals surface area (Å²) >= 11 is 0. The van der Waals surface area contributed by atoms with E-state index in [2.05, 4.69) is 5.32 Å². The summed E-state index contributed by atoms with van der Waals surface area (Å²) in [6.45, 7) is 1.20. The van der Waals surface area contributed by atoms with E-state index in [9.17, 15) is 9.90 Å². The van der Waals surface area contributed by atoms with Crippen LogP contribution in [0.5, 0.6) is 5.75 Å². The van der Waals surface area contributed by atoms with Crippen LogP contribution in [0.25, 0.3) is 0 Å². The standard InChI is InChI=1S/C21H23NO3/c23-19-8-4-7-16-17(19)9-10-18(16)22-20(24)21(11-13-25-14-12-21)15-5-2-1-3-6-15/h1-8,18,23H,9-14H2,(H,22,24)/t18-/m0/s1. The SMILES string of the molecule is O=C(N[C@H]1CCc2c(O)cccc21)C1(c2ccccc2)CCOCC1. The Labute approximate surface area is 147 Å². The lowest BCUT2D eigenvalue weighted by atomic mass is 9.73. The molecule has 0 aromatic heterocycles. The Kier molecular flexibility index (Phi) is 4.22. The molecule has 0 bridgehead atoms. The predicted octanol–water partition coefficient (Wildman–Crippen LogP) is 3.24. The summed E-state index contributed by atoms with van der Waals surface area (Å²) in [5, 5.41) is 13.3. The highest BCUT2D eigenvalue weighted by Gasteiger charge is 2.43. The Balaban J connectivity index is 1.62. The second kappa shape index (κ2) is 6.52. The van der Waals surface area contributed by atoms with Gasteiger partial charge in [0.15, 0.2) is 0 Å². The minimum Gasteiger partial charge on any atom is -0.508 e. The van der Waals surface area contributed by atoms with E-state index in [1.165, 1.54) is 0 Å². The van der Waals surface area contributed by atoms with Gasteiger partial charge in [0, 0.05) is 13.2 Å². The smallest absolute Gasteiger partial charge is 0.231 e. The van der Waals surface area contributed by atoms with Crippen LogP contribution in [-0.2, 0) is 21.4 Å². The van der Waals surface area contributed by atoms with Crippen molar-refractivity contribution in [3.8, 4) is 5.75 Å². The van der Waals surface area contributed by atoms with E-state index in [1.807, 2.05) is 42.5 Å². The van der Waals surface area contributed by atoms with Gasteiger partial charge in [0.05, 0.1) is 11.5 Å². The van der Waals surface area contributed by atoms with Gasteiger partial charge >= 0.3 is 0 Å². The molecule has 2 aromatic carbocycles. The topological polar surface area (TPSA) is 58.6 Å². The van der Waals surface area contributed by atoms with Crippen molar-refractivity contribution < 1.29 is 14.6 Å². The lowest BCUT2D eigenvalue weighted by Gasteiger charge is -2.37. The van der Waals surface area contributed by atoms with Gasteiger partial charge in [-0.1, -0.05) is 42.5 Å². The molecule has 2 N–H and O–H groups in total. The zero-order chi connectivity index (χ0) is 17.3. The summed E-state index contributed by atoms with van der Waals surface area (Å²) in [5.74, 6) is 0.404. The average Bonchev–Trinajstić information content (AvgIpc) is 3.07. The summed E-state index contributed by atoms with van der Waals surface area (Å²) in [7, 11) is 0. The van der Waals surface area contributed by atoms with Crippen LogP contribution in [0, 0.1) is 0 Å². The van der Waals surface area contributed by atoms with Crippen LogP contribution in [0.2, 0.25) is 0 Å². The minimum atomic E-state index is -0.529. The largest absolute Gasteiger partial charge is 0.508 e. The van der Waals surface area contributed by atoms with E-state index in [-0.39, 0.29) is 11.9 Å². The molecule has 1 fully saturated rings. The molecule has 1 amide bonds. The van der Waals surface area contributed by atoms with E-state index in [1.54, 1.807) is 6.07 Å². The number of carbonyl (C=O) groups is 1. The van der Waals surface area contributed by atoms with Gasteiger partial charge < -0.3 is 15.2 Å². The number of fused-ring (bicyclic) bond motifs is 1. The molecule has 2 aliphatic rings. The fourth-order valence-corrected chi connectivity index (χ4v) is 4.21. The van der Waals surface area contributed by atoms with Crippen molar-refractivity contribution in [3.63, 3.8) is 0 Å². The van der Waals surface area contributed by atoms with Gasteiger partial charge in [0.2, 0.25) is 5.91 Å². The van der Waals surface area contributed by atoms with Gasteiger partial charge in [-0.3, -0.25) is 4.79 Å². The highest BCUT2D eigenvalue weighted by Crippen LogP contribution is 2.39. The van der Waals surface area contributed by atoms with Crippen LogP contribution in [0.1, 0.15) is 42.0 Å². The monoisotopic (exact) mass is 337 g/mol. The third-order valence-electron chi connectivity index (χ3n) is 5.66. The Morgan fingerprint density at radius 1 is 1.08 bits per heavy atom. The number of amides is 1. The van der Waals surface area contributed by atoms with Gasteiger partial charge in [0.1, 0.15) is 5.75 Å². The predicted molar refractivity (Wildman–Crippen MR) is 95.5 cm³/mol. The minimum absolute atomic E-state index is 0.0296. The number of phenolic OH excluding ortho intramolecular Hbond substituents is 1. The van der Waals surface area contributed by atoms with E-state index >= 15 is 0 Å². The molecule has 0 unspecified atom stereocenters. The van der Waals surface area contributed by atoms with E-state index in [0.29, 0.717) is 31.8 Å². The second-order valence-corrected chi connectivity index (χ2v) is 6.97. The quantitative estimate of drug-likeness (QED) is 0.904. The van der Waals surface area contributed by atoms with Crippen LogP contribution in [-0.4, -0.2) is 24.2 Å². The van der Waals surface area contributed by atoms with Crippen molar-refractivity contribution in [2.45, 2.75) is 37.1 Å². The normalized spacial score (nSPS) is 21.5. The van der Waals surface area contributed by atoms with Crippen LogP contribution in [0.3, 0.4) is 0 Å². The maximum Gasteiger partial charge on any atom is 0.231 e. The highest BCUT2D eigenvalue weighted by molar-refractivity contribution is 5.89. The van der Waals surface area contributed by atoms with Crippen molar-refractivity contribution in [1.29, 1.82) is 0 Å². The number of hydrogen-bond acceptors (Lipinski definition) is 3. The average molecular weight is 337 g/mol. The third-order valence-corrected chi connectivity index (χ3v) is 5.66. The Hall–Kier alpha value is -2.33. The summed E-state index contributed by atoms with van der Waals surface area (Å²) < 4.78 is 5.53. The van der Waals surface area contributed by atoms with Gasteiger partial charge in [-0.15, -0.1) is 0 Å². The fourth-order valence-electron chi connectivity index (χ4n) is 4.21. The second-order valence-electron chi connectivity index (χ2n) is 6.97. The molecule has 1 aliphatic carbocycles. The summed E-state index contributed by atoms with van der Waals surface area (Å²) in [6, 6.07) is 15.6. The molecule has 4 nitrogen and oxygen atoms in total.